The van der Waals surface area contributed by atoms with Crippen molar-refractivity contribution in [2.45, 2.75) is 44.7 Å². The first-order valence-corrected chi connectivity index (χ1v) is 11.7. The number of nitrogens with one attached hydrogen (secondary N) is 2. The Kier molecular flexibility index (Phi) is 9.21. The van der Waals surface area contributed by atoms with Gasteiger partial charge in [0.2, 0.25) is 0 Å². The van der Waals surface area contributed by atoms with Gasteiger partial charge in [-0.2, -0.15) is 0 Å². The van der Waals surface area contributed by atoms with Crippen LogP contribution in [0.1, 0.15) is 48.4 Å². The monoisotopic (exact) mass is 477 g/mol. The van der Waals surface area contributed by atoms with E-state index >= 15 is 0 Å². The topological polar surface area (TPSA) is 81.7 Å². The minimum atomic E-state index is -0.768. The van der Waals surface area contributed by atoms with E-state index < -0.39 is 5.97 Å². The highest BCUT2D eigenvalue weighted by molar-refractivity contribution is 6.35. The standard InChI is InChI=1S/C24H29Cl2N3O3/c25-19-10-8-18(21(26)15-19)16-28-24(32)27-12-4-14-29(13-3-7-23(30)31)22-11-9-17-5-1-2-6-20(17)22/h1-2,5-6,8,10,15,22H,3-4,7,9,11-14,16H2,(H,30,31)(H2,27,28,32). The average molecular weight is 478 g/mol. The van der Waals surface area contributed by atoms with Gasteiger partial charge in [-0.3, -0.25) is 9.69 Å². The zero-order chi connectivity index (χ0) is 22.9. The summed E-state index contributed by atoms with van der Waals surface area (Å²) in [6, 6.07) is 13.7. The zero-order valence-corrected chi connectivity index (χ0v) is 19.5. The summed E-state index contributed by atoms with van der Waals surface area (Å²) < 4.78 is 0. The number of aliphatic carboxylic acids is 1. The van der Waals surface area contributed by atoms with E-state index in [4.69, 9.17) is 28.3 Å². The Bertz CT molecular complexity index is 938. The second kappa shape index (κ2) is 12.1. The molecule has 0 saturated carbocycles. The molecule has 172 valence electrons. The van der Waals surface area contributed by atoms with Gasteiger partial charge in [0.05, 0.1) is 0 Å². The Morgan fingerprint density at radius 2 is 1.84 bits per heavy atom. The van der Waals surface area contributed by atoms with Gasteiger partial charge in [-0.05, 0) is 61.1 Å². The van der Waals surface area contributed by atoms with Crippen LogP contribution in [-0.2, 0) is 17.8 Å². The fourth-order valence-electron chi connectivity index (χ4n) is 4.16. The summed E-state index contributed by atoms with van der Waals surface area (Å²) in [5.41, 5.74) is 3.52. The van der Waals surface area contributed by atoms with E-state index in [0.717, 1.165) is 37.9 Å². The van der Waals surface area contributed by atoms with Crippen LogP contribution in [-0.4, -0.2) is 41.6 Å². The molecule has 3 N–H and O–H groups in total. The third kappa shape index (κ3) is 7.12. The molecule has 1 unspecified atom stereocenters. The van der Waals surface area contributed by atoms with Gasteiger partial charge in [0, 0.05) is 42.1 Å². The number of carboxylic acid groups (broad SMARTS) is 1. The quantitative estimate of drug-likeness (QED) is 0.396. The molecule has 2 aromatic rings. The van der Waals surface area contributed by atoms with Crippen molar-refractivity contribution >= 4 is 35.2 Å². The summed E-state index contributed by atoms with van der Waals surface area (Å²) in [6.07, 6.45) is 3.65. The highest BCUT2D eigenvalue weighted by Crippen LogP contribution is 2.35. The Labute approximate surface area is 198 Å². The molecule has 1 aliphatic rings. The molecular weight excluding hydrogens is 449 g/mol. The molecule has 32 heavy (non-hydrogen) atoms. The van der Waals surface area contributed by atoms with Crippen LogP contribution in [0.15, 0.2) is 42.5 Å². The minimum absolute atomic E-state index is 0.165. The summed E-state index contributed by atoms with van der Waals surface area (Å²) >= 11 is 12.0. The summed E-state index contributed by atoms with van der Waals surface area (Å²) in [5, 5.41) is 15.8. The normalized spacial score (nSPS) is 14.9. The molecule has 1 aliphatic carbocycles. The van der Waals surface area contributed by atoms with Crippen molar-refractivity contribution in [3.63, 3.8) is 0 Å². The third-order valence-corrected chi connectivity index (χ3v) is 6.33. The third-order valence-electron chi connectivity index (χ3n) is 5.74. The largest absolute Gasteiger partial charge is 0.481 e. The van der Waals surface area contributed by atoms with Gasteiger partial charge in [-0.15, -0.1) is 0 Å². The van der Waals surface area contributed by atoms with Crippen molar-refractivity contribution in [3.05, 3.63) is 69.2 Å². The number of halogens is 2. The first kappa shape index (κ1) is 24.4. The van der Waals surface area contributed by atoms with Crippen molar-refractivity contribution in [3.8, 4) is 0 Å². The number of carboxylic acids is 1. The molecule has 0 spiro atoms. The molecule has 0 aliphatic heterocycles. The molecule has 2 amide bonds. The molecule has 0 fully saturated rings. The van der Waals surface area contributed by atoms with Crippen LogP contribution in [0.3, 0.4) is 0 Å². The number of fused-ring (bicyclic) bond motifs is 1. The van der Waals surface area contributed by atoms with E-state index in [-0.39, 0.29) is 12.5 Å². The van der Waals surface area contributed by atoms with Crippen molar-refractivity contribution in [2.24, 2.45) is 0 Å². The van der Waals surface area contributed by atoms with E-state index in [1.165, 1.54) is 11.1 Å². The molecule has 2 aromatic carbocycles. The number of amides is 2. The molecule has 8 heteroatoms. The zero-order valence-electron chi connectivity index (χ0n) is 17.9. The number of aryl methyl sites for hydroxylation is 1. The van der Waals surface area contributed by atoms with Crippen molar-refractivity contribution in [2.75, 3.05) is 19.6 Å². The molecule has 0 bridgehead atoms. The summed E-state index contributed by atoms with van der Waals surface area (Å²) in [5.74, 6) is -0.768. The van der Waals surface area contributed by atoms with Gasteiger partial charge in [0.25, 0.3) is 0 Å². The lowest BCUT2D eigenvalue weighted by Crippen LogP contribution is -2.37. The second-order valence-electron chi connectivity index (χ2n) is 7.99. The average Bonchev–Trinajstić information content (AvgIpc) is 3.18. The van der Waals surface area contributed by atoms with Gasteiger partial charge in [-0.1, -0.05) is 53.5 Å². The second-order valence-corrected chi connectivity index (χ2v) is 8.83. The van der Waals surface area contributed by atoms with Gasteiger partial charge in [0.15, 0.2) is 0 Å². The number of carbonyl (C=O) groups excluding carboxylic acids is 1. The summed E-state index contributed by atoms with van der Waals surface area (Å²) in [4.78, 5) is 25.4. The fraction of sp³-hybridized carbons (Fsp3) is 0.417. The molecule has 0 radical (unpaired) electrons. The smallest absolute Gasteiger partial charge is 0.315 e. The van der Waals surface area contributed by atoms with Gasteiger partial charge in [0.1, 0.15) is 0 Å². The van der Waals surface area contributed by atoms with Gasteiger partial charge < -0.3 is 15.7 Å². The first-order valence-electron chi connectivity index (χ1n) is 10.9. The van der Waals surface area contributed by atoms with Crippen molar-refractivity contribution < 1.29 is 14.7 Å². The highest BCUT2D eigenvalue weighted by Gasteiger charge is 2.27. The maximum absolute atomic E-state index is 12.1. The minimum Gasteiger partial charge on any atom is -0.481 e. The first-order chi connectivity index (χ1) is 15.4. The number of benzene rings is 2. The predicted octanol–water partition coefficient (Wildman–Crippen LogP) is 5.04. The molecular formula is C24H29Cl2N3O3. The number of hydrogen-bond donors (Lipinski definition) is 3. The van der Waals surface area contributed by atoms with E-state index in [0.29, 0.717) is 35.6 Å². The van der Waals surface area contributed by atoms with Crippen LogP contribution in [0.2, 0.25) is 10.0 Å². The molecule has 0 aromatic heterocycles. The number of carbonyl (C=O) groups is 2. The molecule has 1 atom stereocenters. The Morgan fingerprint density at radius 1 is 1.06 bits per heavy atom. The van der Waals surface area contributed by atoms with E-state index in [1.807, 2.05) is 0 Å². The van der Waals surface area contributed by atoms with E-state index in [9.17, 15) is 9.59 Å². The Balaban J connectivity index is 1.46. The summed E-state index contributed by atoms with van der Waals surface area (Å²) in [6.45, 7) is 2.38. The Hall–Kier alpha value is -2.28. The van der Waals surface area contributed by atoms with E-state index in [1.54, 1.807) is 18.2 Å². The van der Waals surface area contributed by atoms with Crippen LogP contribution in [0, 0.1) is 0 Å². The number of nitrogens with zero attached hydrogens (tertiary/aromatic N) is 1. The fourth-order valence-corrected chi connectivity index (χ4v) is 4.63. The van der Waals surface area contributed by atoms with Crippen LogP contribution in [0.4, 0.5) is 4.79 Å². The predicted molar refractivity (Wildman–Crippen MR) is 127 cm³/mol. The lowest BCUT2D eigenvalue weighted by molar-refractivity contribution is -0.137. The lowest BCUT2D eigenvalue weighted by atomic mass is 10.1. The molecule has 6 nitrogen and oxygen atoms in total. The summed E-state index contributed by atoms with van der Waals surface area (Å²) in [7, 11) is 0. The lowest BCUT2D eigenvalue weighted by Gasteiger charge is -2.29. The van der Waals surface area contributed by atoms with Gasteiger partial charge in [-0.25, -0.2) is 4.79 Å². The highest BCUT2D eigenvalue weighted by atomic mass is 35.5. The molecule has 0 heterocycles. The van der Waals surface area contributed by atoms with Crippen molar-refractivity contribution in [1.82, 2.24) is 15.5 Å². The SMILES string of the molecule is O=C(O)CCCN(CCCNC(=O)NCc1ccc(Cl)cc1Cl)C1CCc2ccccc21. The van der Waals surface area contributed by atoms with Crippen LogP contribution < -0.4 is 10.6 Å². The maximum atomic E-state index is 12.1. The van der Waals surface area contributed by atoms with Crippen molar-refractivity contribution in [1.29, 1.82) is 0 Å². The van der Waals surface area contributed by atoms with Crippen LogP contribution in [0.5, 0.6) is 0 Å². The number of hydrogen-bond acceptors (Lipinski definition) is 3. The number of urea groups is 1. The molecule has 0 saturated heterocycles. The Morgan fingerprint density at radius 3 is 2.62 bits per heavy atom. The van der Waals surface area contributed by atoms with Crippen LogP contribution in [0.25, 0.3) is 0 Å². The van der Waals surface area contributed by atoms with E-state index in [2.05, 4.69) is 39.8 Å². The van der Waals surface area contributed by atoms with Gasteiger partial charge >= 0.3 is 12.0 Å². The van der Waals surface area contributed by atoms with Crippen LogP contribution >= 0.6 is 23.2 Å². The molecule has 3 rings (SSSR count). The number of rotatable bonds is 11. The maximum Gasteiger partial charge on any atom is 0.315 e.